The van der Waals surface area contributed by atoms with Gasteiger partial charge in [-0.1, -0.05) is 12.1 Å². The molecule has 2 aromatic rings. The number of benzene rings is 2. The van der Waals surface area contributed by atoms with Crippen molar-refractivity contribution in [2.24, 2.45) is 0 Å². The molecule has 0 saturated heterocycles. The quantitative estimate of drug-likeness (QED) is 0.606. The van der Waals surface area contributed by atoms with Crippen LogP contribution >= 0.6 is 0 Å². The zero-order valence-corrected chi connectivity index (χ0v) is 13.7. The number of carbonyl (C=O) groups excluding carboxylic acids is 2. The molecule has 2 amide bonds. The average Bonchev–Trinajstić information content (AvgIpc) is 2.87. The zero-order chi connectivity index (χ0) is 20.7. The molecule has 1 N–H and O–H groups in total. The highest BCUT2D eigenvalue weighted by Gasteiger charge is 2.36. The van der Waals surface area contributed by atoms with Crippen molar-refractivity contribution >= 4 is 23.2 Å². The summed E-state index contributed by atoms with van der Waals surface area (Å²) in [5.74, 6) is -1.90. The van der Waals surface area contributed by atoms with E-state index in [0.29, 0.717) is 11.0 Å². The molecule has 0 radical (unpaired) electrons. The van der Waals surface area contributed by atoms with E-state index in [4.69, 9.17) is 0 Å². The third kappa shape index (κ3) is 3.85. The third-order valence-electron chi connectivity index (χ3n) is 3.82. The van der Waals surface area contributed by atoms with E-state index in [9.17, 15) is 35.9 Å². The fourth-order valence-electron chi connectivity index (χ4n) is 2.55. The topological polar surface area (TPSA) is 49.4 Å². The number of rotatable bonds is 3. The summed E-state index contributed by atoms with van der Waals surface area (Å²) >= 11 is 0. The predicted octanol–water partition coefficient (Wildman–Crippen LogP) is 4.59. The maximum atomic E-state index is 12.8. The lowest BCUT2D eigenvalue weighted by Gasteiger charge is -2.17. The van der Waals surface area contributed by atoms with E-state index in [0.717, 1.165) is 42.5 Å². The van der Waals surface area contributed by atoms with Gasteiger partial charge in [-0.3, -0.25) is 9.59 Å². The van der Waals surface area contributed by atoms with Gasteiger partial charge < -0.3 is 5.32 Å². The van der Waals surface area contributed by atoms with Crippen molar-refractivity contribution in [3.63, 3.8) is 0 Å². The standard InChI is InChI=1S/C18H10F6N2O2/c19-17(20,21)10-3-1-5-12(7-10)25-14-9-15(27)26(16(14)28)13-6-2-4-11(8-13)18(22,23)24/h1-9,25H. The monoisotopic (exact) mass is 400 g/mol. The molecule has 0 saturated carbocycles. The van der Waals surface area contributed by atoms with Crippen molar-refractivity contribution in [2.45, 2.75) is 12.4 Å². The first-order chi connectivity index (χ1) is 13.0. The molecule has 28 heavy (non-hydrogen) atoms. The lowest BCUT2D eigenvalue weighted by molar-refractivity contribution is -0.138. The van der Waals surface area contributed by atoms with E-state index in [2.05, 4.69) is 5.32 Å². The Morgan fingerprint density at radius 3 is 1.96 bits per heavy atom. The largest absolute Gasteiger partial charge is 0.416 e. The molecule has 146 valence electrons. The van der Waals surface area contributed by atoms with Crippen LogP contribution in [0.3, 0.4) is 0 Å². The Bertz CT molecular complexity index is 979. The second-order valence-corrected chi connectivity index (χ2v) is 5.79. The van der Waals surface area contributed by atoms with Crippen molar-refractivity contribution in [3.05, 3.63) is 71.4 Å². The van der Waals surface area contributed by atoms with Gasteiger partial charge in [0.1, 0.15) is 5.70 Å². The van der Waals surface area contributed by atoms with Gasteiger partial charge in [0.15, 0.2) is 0 Å². The van der Waals surface area contributed by atoms with Crippen LogP contribution in [0.15, 0.2) is 60.3 Å². The molecular weight excluding hydrogens is 390 g/mol. The highest BCUT2D eigenvalue weighted by molar-refractivity contribution is 6.31. The van der Waals surface area contributed by atoms with Crippen molar-refractivity contribution in [2.75, 3.05) is 10.2 Å². The Balaban J connectivity index is 1.85. The molecule has 3 rings (SSSR count). The Hall–Kier alpha value is -3.30. The van der Waals surface area contributed by atoms with Gasteiger partial charge >= 0.3 is 12.4 Å². The lowest BCUT2D eigenvalue weighted by Crippen LogP contribution is -2.32. The number of hydrogen-bond acceptors (Lipinski definition) is 3. The van der Waals surface area contributed by atoms with E-state index < -0.39 is 35.3 Å². The summed E-state index contributed by atoms with van der Waals surface area (Å²) in [5.41, 5.74) is -2.79. The number of anilines is 2. The molecule has 2 aromatic carbocycles. The molecule has 0 atom stereocenters. The van der Waals surface area contributed by atoms with Crippen molar-refractivity contribution < 1.29 is 35.9 Å². The van der Waals surface area contributed by atoms with Crippen LogP contribution in [0.2, 0.25) is 0 Å². The summed E-state index contributed by atoms with van der Waals surface area (Å²) in [6.45, 7) is 0. The second-order valence-electron chi connectivity index (χ2n) is 5.79. The summed E-state index contributed by atoms with van der Waals surface area (Å²) < 4.78 is 76.8. The number of alkyl halides is 6. The SMILES string of the molecule is O=C1C=C(Nc2cccc(C(F)(F)F)c2)C(=O)N1c1cccc(C(F)(F)F)c1. The van der Waals surface area contributed by atoms with Crippen LogP contribution in [0.4, 0.5) is 37.7 Å². The van der Waals surface area contributed by atoms with E-state index in [1.165, 1.54) is 6.07 Å². The summed E-state index contributed by atoms with van der Waals surface area (Å²) in [5, 5.41) is 2.40. The first kappa shape index (κ1) is 19.5. The molecule has 0 unspecified atom stereocenters. The van der Waals surface area contributed by atoms with Crippen LogP contribution in [0.5, 0.6) is 0 Å². The fourth-order valence-corrected chi connectivity index (χ4v) is 2.55. The van der Waals surface area contributed by atoms with Gasteiger partial charge in [-0.05, 0) is 36.4 Å². The van der Waals surface area contributed by atoms with Gasteiger partial charge in [0.2, 0.25) is 0 Å². The molecule has 0 aliphatic carbocycles. The number of imide groups is 1. The van der Waals surface area contributed by atoms with E-state index in [1.54, 1.807) is 0 Å². The summed E-state index contributed by atoms with van der Waals surface area (Å²) in [7, 11) is 0. The van der Waals surface area contributed by atoms with E-state index in [-0.39, 0.29) is 17.1 Å². The van der Waals surface area contributed by atoms with Crippen LogP contribution in [-0.2, 0) is 21.9 Å². The predicted molar refractivity (Wildman–Crippen MR) is 87.1 cm³/mol. The van der Waals surface area contributed by atoms with Gasteiger partial charge in [-0.25, -0.2) is 4.90 Å². The number of nitrogens with one attached hydrogen (secondary N) is 1. The minimum atomic E-state index is -4.67. The molecule has 1 aliphatic heterocycles. The van der Waals surface area contributed by atoms with Crippen LogP contribution in [0.25, 0.3) is 0 Å². The maximum Gasteiger partial charge on any atom is 0.416 e. The molecule has 10 heteroatoms. The van der Waals surface area contributed by atoms with Crippen LogP contribution in [0, 0.1) is 0 Å². The maximum absolute atomic E-state index is 12.8. The molecule has 1 aliphatic rings. The first-order valence-electron chi connectivity index (χ1n) is 7.68. The average molecular weight is 400 g/mol. The fraction of sp³-hybridized carbons (Fsp3) is 0.111. The third-order valence-corrected chi connectivity index (χ3v) is 3.82. The number of amides is 2. The highest BCUT2D eigenvalue weighted by atomic mass is 19.4. The smallest absolute Gasteiger partial charge is 0.351 e. The highest BCUT2D eigenvalue weighted by Crippen LogP contribution is 2.34. The van der Waals surface area contributed by atoms with Crippen molar-refractivity contribution in [1.29, 1.82) is 0 Å². The van der Waals surface area contributed by atoms with E-state index >= 15 is 0 Å². The minimum absolute atomic E-state index is 0.104. The molecule has 0 aromatic heterocycles. The van der Waals surface area contributed by atoms with Crippen molar-refractivity contribution in [3.8, 4) is 0 Å². The van der Waals surface area contributed by atoms with Gasteiger partial charge in [0.05, 0.1) is 16.8 Å². The van der Waals surface area contributed by atoms with E-state index in [1.807, 2.05) is 0 Å². The normalized spacial score (nSPS) is 15.1. The lowest BCUT2D eigenvalue weighted by atomic mass is 10.2. The summed E-state index contributed by atoms with van der Waals surface area (Å²) in [6, 6.07) is 7.53. The molecular formula is C18H10F6N2O2. The molecule has 4 nitrogen and oxygen atoms in total. The van der Waals surface area contributed by atoms with Crippen molar-refractivity contribution in [1.82, 2.24) is 0 Å². The first-order valence-corrected chi connectivity index (χ1v) is 7.68. The number of hydrogen-bond donors (Lipinski definition) is 1. The second kappa shape index (κ2) is 6.70. The molecule has 0 fully saturated rings. The summed E-state index contributed by atoms with van der Waals surface area (Å²) in [4.78, 5) is 25.0. The zero-order valence-electron chi connectivity index (χ0n) is 13.7. The van der Waals surface area contributed by atoms with Crippen LogP contribution < -0.4 is 10.2 Å². The Morgan fingerprint density at radius 2 is 1.36 bits per heavy atom. The number of nitrogens with zero attached hydrogens (tertiary/aromatic N) is 1. The Morgan fingerprint density at radius 1 is 0.786 bits per heavy atom. The van der Waals surface area contributed by atoms with Gasteiger partial charge in [0, 0.05) is 11.8 Å². The Kier molecular flexibility index (Phi) is 4.66. The van der Waals surface area contributed by atoms with Gasteiger partial charge in [-0.2, -0.15) is 26.3 Å². The molecule has 0 spiro atoms. The molecule has 1 heterocycles. The minimum Gasteiger partial charge on any atom is -0.351 e. The molecule has 0 bridgehead atoms. The van der Waals surface area contributed by atoms with Gasteiger partial charge in [0.25, 0.3) is 11.8 Å². The summed E-state index contributed by atoms with van der Waals surface area (Å²) in [6.07, 6.45) is -8.47. The van der Waals surface area contributed by atoms with Crippen LogP contribution in [-0.4, -0.2) is 11.8 Å². The van der Waals surface area contributed by atoms with Gasteiger partial charge in [-0.15, -0.1) is 0 Å². The number of carbonyl (C=O) groups is 2. The van der Waals surface area contributed by atoms with Crippen LogP contribution in [0.1, 0.15) is 11.1 Å². The number of halogens is 6. The Labute approximate surface area is 154 Å².